The van der Waals surface area contributed by atoms with E-state index in [-0.39, 0.29) is 12.5 Å². The van der Waals surface area contributed by atoms with E-state index in [2.05, 4.69) is 5.32 Å². The first-order chi connectivity index (χ1) is 14.1. The number of likely N-dealkylation sites (tertiary alicyclic amines) is 1. The molecule has 7 nitrogen and oxygen atoms in total. The van der Waals surface area contributed by atoms with Gasteiger partial charge in [-0.3, -0.25) is 10.1 Å². The second-order valence-electron chi connectivity index (χ2n) is 6.88. The van der Waals surface area contributed by atoms with Crippen LogP contribution in [-0.2, 0) is 25.7 Å². The van der Waals surface area contributed by atoms with Crippen LogP contribution < -0.4 is 5.32 Å². The van der Waals surface area contributed by atoms with E-state index in [0.717, 1.165) is 5.56 Å². The van der Waals surface area contributed by atoms with Crippen LogP contribution in [0.25, 0.3) is 0 Å². The van der Waals surface area contributed by atoms with E-state index in [1.165, 1.54) is 12.0 Å². The van der Waals surface area contributed by atoms with Gasteiger partial charge in [-0.1, -0.05) is 60.7 Å². The fraction of sp³-hybridized carbons (Fsp3) is 0.364. The van der Waals surface area contributed by atoms with Crippen LogP contribution in [0.15, 0.2) is 60.7 Å². The molecule has 2 aromatic rings. The molecule has 0 saturated carbocycles. The van der Waals surface area contributed by atoms with E-state index in [4.69, 9.17) is 9.47 Å². The van der Waals surface area contributed by atoms with E-state index in [0.29, 0.717) is 24.9 Å². The van der Waals surface area contributed by atoms with Crippen LogP contribution in [0.1, 0.15) is 30.0 Å². The van der Waals surface area contributed by atoms with Gasteiger partial charge in [0.15, 0.2) is 0 Å². The van der Waals surface area contributed by atoms with Crippen molar-refractivity contribution >= 4 is 11.9 Å². The summed E-state index contributed by atoms with van der Waals surface area (Å²) in [6.45, 7) is 0.624. The molecular formula is C22H26N2O5. The maximum absolute atomic E-state index is 13.3. The Bertz CT molecular complexity index is 799. The summed E-state index contributed by atoms with van der Waals surface area (Å²) in [7, 11) is 1.34. The van der Waals surface area contributed by atoms with Gasteiger partial charge in [-0.25, -0.2) is 4.79 Å². The molecule has 0 aliphatic carbocycles. The molecule has 2 N–H and O–H groups in total. The van der Waals surface area contributed by atoms with Crippen LogP contribution in [0.5, 0.6) is 0 Å². The third-order valence-electron chi connectivity index (χ3n) is 4.94. The number of methoxy groups -OCH3 is 1. The summed E-state index contributed by atoms with van der Waals surface area (Å²) < 4.78 is 10.3. The molecule has 0 spiro atoms. The number of ether oxygens (including phenoxy) is 2. The van der Waals surface area contributed by atoms with Gasteiger partial charge in [-0.15, -0.1) is 0 Å². The number of hydrogen-bond acceptors (Lipinski definition) is 6. The van der Waals surface area contributed by atoms with E-state index in [1.807, 2.05) is 48.5 Å². The fourth-order valence-corrected chi connectivity index (χ4v) is 3.43. The maximum Gasteiger partial charge on any atom is 0.329 e. The van der Waals surface area contributed by atoms with Crippen molar-refractivity contribution < 1.29 is 24.2 Å². The molecule has 0 aromatic heterocycles. The maximum atomic E-state index is 13.3. The fourth-order valence-electron chi connectivity index (χ4n) is 3.43. The number of rotatable bonds is 8. The SMILES string of the molecule is COC(O)N[C@@H](C(=O)N1CCC[C@H]1C(=O)OCc1ccccc1)c1ccccc1. The summed E-state index contributed by atoms with van der Waals surface area (Å²) in [5.41, 5.74) is 1.57. The minimum atomic E-state index is -1.31. The second kappa shape index (κ2) is 10.2. The van der Waals surface area contributed by atoms with Crippen molar-refractivity contribution in [3.63, 3.8) is 0 Å². The predicted molar refractivity (Wildman–Crippen MR) is 106 cm³/mol. The number of nitrogens with zero attached hydrogens (tertiary/aromatic N) is 1. The van der Waals surface area contributed by atoms with Crippen molar-refractivity contribution in [3.8, 4) is 0 Å². The Morgan fingerprint density at radius 2 is 1.79 bits per heavy atom. The summed E-state index contributed by atoms with van der Waals surface area (Å²) in [5, 5.41) is 12.6. The highest BCUT2D eigenvalue weighted by Crippen LogP contribution is 2.25. The third kappa shape index (κ3) is 5.41. The number of hydrogen-bond donors (Lipinski definition) is 2. The van der Waals surface area contributed by atoms with Crippen LogP contribution in [-0.4, -0.2) is 48.0 Å². The van der Waals surface area contributed by atoms with Crippen LogP contribution in [0.3, 0.4) is 0 Å². The number of amides is 1. The lowest BCUT2D eigenvalue weighted by atomic mass is 10.1. The molecule has 2 aromatic carbocycles. The van der Waals surface area contributed by atoms with Gasteiger partial charge in [-0.2, -0.15) is 0 Å². The van der Waals surface area contributed by atoms with Gasteiger partial charge in [0, 0.05) is 13.7 Å². The molecule has 29 heavy (non-hydrogen) atoms. The Labute approximate surface area is 170 Å². The van der Waals surface area contributed by atoms with E-state index in [1.54, 1.807) is 12.1 Å². The largest absolute Gasteiger partial charge is 0.459 e. The Morgan fingerprint density at radius 1 is 1.14 bits per heavy atom. The zero-order valence-corrected chi connectivity index (χ0v) is 16.4. The highest BCUT2D eigenvalue weighted by atomic mass is 16.6. The van der Waals surface area contributed by atoms with Crippen molar-refractivity contribution in [2.24, 2.45) is 0 Å². The van der Waals surface area contributed by atoms with Gasteiger partial charge in [0.05, 0.1) is 0 Å². The van der Waals surface area contributed by atoms with Crippen molar-refractivity contribution in [1.82, 2.24) is 10.2 Å². The molecule has 0 radical (unpaired) electrons. The summed E-state index contributed by atoms with van der Waals surface area (Å²) in [6, 6.07) is 17.0. The number of aliphatic hydroxyl groups excluding tert-OH is 1. The summed E-state index contributed by atoms with van der Waals surface area (Å²) in [5.74, 6) is -0.717. The molecule has 1 aliphatic heterocycles. The van der Waals surface area contributed by atoms with Gasteiger partial charge in [-0.05, 0) is 24.0 Å². The van der Waals surface area contributed by atoms with Crippen LogP contribution in [0, 0.1) is 0 Å². The number of esters is 1. The standard InChI is InChI=1S/C22H26N2O5/c1-28-22(27)23-19(17-11-6-3-7-12-17)20(25)24-14-8-13-18(24)21(26)29-15-16-9-4-2-5-10-16/h2-7,9-12,18-19,22-23,27H,8,13-15H2,1H3/t18-,19+,22?/m0/s1. The zero-order valence-electron chi connectivity index (χ0n) is 16.4. The minimum Gasteiger partial charge on any atom is -0.459 e. The first-order valence-corrected chi connectivity index (χ1v) is 9.63. The zero-order chi connectivity index (χ0) is 20.6. The van der Waals surface area contributed by atoms with E-state index >= 15 is 0 Å². The average molecular weight is 398 g/mol. The molecule has 1 heterocycles. The lowest BCUT2D eigenvalue weighted by molar-refractivity contribution is -0.157. The van der Waals surface area contributed by atoms with Crippen molar-refractivity contribution in [2.75, 3.05) is 13.7 Å². The van der Waals surface area contributed by atoms with Crippen LogP contribution in [0.4, 0.5) is 0 Å². The summed E-state index contributed by atoms with van der Waals surface area (Å²) in [6.07, 6.45) is -0.0472. The molecule has 1 unspecified atom stereocenters. The first-order valence-electron chi connectivity index (χ1n) is 9.63. The van der Waals surface area contributed by atoms with Crippen molar-refractivity contribution in [1.29, 1.82) is 0 Å². The Hall–Kier alpha value is -2.74. The number of aliphatic hydroxyl groups is 1. The van der Waals surface area contributed by atoms with Gasteiger partial charge in [0.1, 0.15) is 18.7 Å². The number of nitrogens with one attached hydrogen (secondary N) is 1. The normalized spacial score (nSPS) is 18.3. The monoisotopic (exact) mass is 398 g/mol. The van der Waals surface area contributed by atoms with Gasteiger partial charge in [0.25, 0.3) is 0 Å². The topological polar surface area (TPSA) is 88.1 Å². The summed E-state index contributed by atoms with van der Waals surface area (Å²) >= 11 is 0. The Morgan fingerprint density at radius 3 is 2.45 bits per heavy atom. The first kappa shape index (κ1) is 21.0. The lowest BCUT2D eigenvalue weighted by Crippen LogP contribution is -2.48. The van der Waals surface area contributed by atoms with Crippen LogP contribution >= 0.6 is 0 Å². The number of carbonyl (C=O) groups excluding carboxylic acids is 2. The van der Waals surface area contributed by atoms with E-state index in [9.17, 15) is 14.7 Å². The van der Waals surface area contributed by atoms with Crippen molar-refractivity contribution in [2.45, 2.75) is 37.9 Å². The minimum absolute atomic E-state index is 0.168. The molecule has 3 rings (SSSR count). The number of benzene rings is 2. The predicted octanol–water partition coefficient (Wildman–Crippen LogP) is 1.97. The Balaban J connectivity index is 1.71. The highest BCUT2D eigenvalue weighted by Gasteiger charge is 2.39. The average Bonchev–Trinajstić information content (AvgIpc) is 3.26. The van der Waals surface area contributed by atoms with Gasteiger partial charge in [0.2, 0.25) is 12.3 Å². The van der Waals surface area contributed by atoms with Crippen molar-refractivity contribution in [3.05, 3.63) is 71.8 Å². The molecule has 1 amide bonds. The smallest absolute Gasteiger partial charge is 0.329 e. The molecule has 1 fully saturated rings. The molecule has 1 saturated heterocycles. The van der Waals surface area contributed by atoms with Crippen LogP contribution in [0.2, 0.25) is 0 Å². The molecule has 0 bridgehead atoms. The third-order valence-corrected chi connectivity index (χ3v) is 4.94. The van der Waals surface area contributed by atoms with Gasteiger partial charge >= 0.3 is 5.97 Å². The Kier molecular flexibility index (Phi) is 7.35. The molecular weight excluding hydrogens is 372 g/mol. The summed E-state index contributed by atoms with van der Waals surface area (Å²) in [4.78, 5) is 27.5. The highest BCUT2D eigenvalue weighted by molar-refractivity contribution is 5.89. The molecule has 3 atom stereocenters. The number of carbonyl (C=O) groups is 2. The van der Waals surface area contributed by atoms with Gasteiger partial charge < -0.3 is 19.5 Å². The lowest BCUT2D eigenvalue weighted by Gasteiger charge is -2.29. The van der Waals surface area contributed by atoms with E-state index < -0.39 is 24.5 Å². The molecule has 154 valence electrons. The molecule has 1 aliphatic rings. The second-order valence-corrected chi connectivity index (χ2v) is 6.88. The quantitative estimate of drug-likeness (QED) is 0.522. The molecule has 7 heteroatoms.